The number of hydrogen-bond donors (Lipinski definition) is 0. The lowest BCUT2D eigenvalue weighted by Gasteiger charge is -2.38. The second kappa shape index (κ2) is 5.50. The third-order valence-corrected chi connectivity index (χ3v) is 3.51. The van der Waals surface area contributed by atoms with Gasteiger partial charge in [0.1, 0.15) is 0 Å². The van der Waals surface area contributed by atoms with Gasteiger partial charge in [-0.05, 0) is 29.7 Å². The monoisotopic (exact) mass is 266 g/mol. The minimum Gasteiger partial charge on any atom is -0.369 e. The van der Waals surface area contributed by atoms with Crippen LogP contribution in [0, 0.1) is 5.41 Å². The van der Waals surface area contributed by atoms with Crippen LogP contribution in [-0.4, -0.2) is 37.6 Å². The van der Waals surface area contributed by atoms with Crippen molar-refractivity contribution in [1.29, 1.82) is 0 Å². The summed E-state index contributed by atoms with van der Waals surface area (Å²) in [4.78, 5) is 5.00. The first-order valence-electron chi connectivity index (χ1n) is 6.67. The molecular formula is C15H23ClN2. The van der Waals surface area contributed by atoms with Crippen LogP contribution >= 0.6 is 11.6 Å². The first-order valence-corrected chi connectivity index (χ1v) is 7.05. The van der Waals surface area contributed by atoms with Crippen molar-refractivity contribution in [2.24, 2.45) is 5.41 Å². The number of piperazine rings is 1. The second-order valence-corrected chi connectivity index (χ2v) is 6.74. The van der Waals surface area contributed by atoms with Gasteiger partial charge in [-0.15, -0.1) is 0 Å². The van der Waals surface area contributed by atoms with E-state index < -0.39 is 0 Å². The molecule has 1 saturated heterocycles. The molecule has 0 N–H and O–H groups in total. The van der Waals surface area contributed by atoms with Crippen LogP contribution in [0.3, 0.4) is 0 Å². The van der Waals surface area contributed by atoms with Crippen LogP contribution in [-0.2, 0) is 0 Å². The topological polar surface area (TPSA) is 6.48 Å². The molecule has 1 aromatic rings. The average Bonchev–Trinajstić information content (AvgIpc) is 2.29. The predicted molar refractivity (Wildman–Crippen MR) is 79.6 cm³/mol. The number of hydrogen-bond acceptors (Lipinski definition) is 2. The summed E-state index contributed by atoms with van der Waals surface area (Å²) in [7, 11) is 0. The molecule has 2 nitrogen and oxygen atoms in total. The van der Waals surface area contributed by atoms with E-state index in [0.29, 0.717) is 5.41 Å². The van der Waals surface area contributed by atoms with Gasteiger partial charge >= 0.3 is 0 Å². The molecule has 0 unspecified atom stereocenters. The van der Waals surface area contributed by atoms with Gasteiger partial charge in [-0.3, -0.25) is 4.90 Å². The molecule has 1 aromatic carbocycles. The lowest BCUT2D eigenvalue weighted by atomic mass is 9.96. The lowest BCUT2D eigenvalue weighted by molar-refractivity contribution is 0.182. The van der Waals surface area contributed by atoms with Crippen molar-refractivity contribution in [3.05, 3.63) is 29.3 Å². The summed E-state index contributed by atoms with van der Waals surface area (Å²) in [5, 5.41) is 0.810. The Morgan fingerprint density at radius 2 is 1.56 bits per heavy atom. The van der Waals surface area contributed by atoms with Gasteiger partial charge < -0.3 is 4.90 Å². The molecule has 0 saturated carbocycles. The van der Waals surface area contributed by atoms with Gasteiger partial charge in [0.25, 0.3) is 0 Å². The summed E-state index contributed by atoms with van der Waals surface area (Å²) in [6.45, 7) is 12.6. The van der Waals surface area contributed by atoms with Crippen molar-refractivity contribution in [1.82, 2.24) is 4.90 Å². The van der Waals surface area contributed by atoms with E-state index in [-0.39, 0.29) is 0 Å². The first kappa shape index (κ1) is 13.7. The van der Waals surface area contributed by atoms with E-state index in [2.05, 4.69) is 42.7 Å². The highest BCUT2D eigenvalue weighted by molar-refractivity contribution is 6.30. The Kier molecular flexibility index (Phi) is 4.18. The van der Waals surface area contributed by atoms with E-state index in [1.54, 1.807) is 0 Å². The summed E-state index contributed by atoms with van der Waals surface area (Å²) in [5.74, 6) is 0. The molecule has 1 fully saturated rings. The van der Waals surface area contributed by atoms with Crippen LogP contribution in [0.2, 0.25) is 5.02 Å². The third kappa shape index (κ3) is 3.89. The minimum absolute atomic E-state index is 0.391. The molecule has 0 spiro atoms. The van der Waals surface area contributed by atoms with Crippen molar-refractivity contribution >= 4 is 17.3 Å². The van der Waals surface area contributed by atoms with Crippen molar-refractivity contribution < 1.29 is 0 Å². The van der Waals surface area contributed by atoms with Crippen molar-refractivity contribution in [3.8, 4) is 0 Å². The molecule has 0 radical (unpaired) electrons. The van der Waals surface area contributed by atoms with Gasteiger partial charge in [0.2, 0.25) is 0 Å². The third-order valence-electron chi connectivity index (χ3n) is 3.26. The average molecular weight is 267 g/mol. The fourth-order valence-electron chi connectivity index (χ4n) is 2.49. The maximum Gasteiger partial charge on any atom is 0.0407 e. The zero-order valence-corrected chi connectivity index (χ0v) is 12.4. The largest absolute Gasteiger partial charge is 0.369 e. The van der Waals surface area contributed by atoms with Crippen molar-refractivity contribution in [2.75, 3.05) is 37.6 Å². The van der Waals surface area contributed by atoms with Crippen molar-refractivity contribution in [2.45, 2.75) is 20.8 Å². The number of anilines is 1. The fourth-order valence-corrected chi connectivity index (χ4v) is 2.61. The molecule has 1 aliphatic heterocycles. The molecule has 0 bridgehead atoms. The van der Waals surface area contributed by atoms with Gasteiger partial charge in [-0.25, -0.2) is 0 Å². The van der Waals surface area contributed by atoms with Gasteiger partial charge in [0.15, 0.2) is 0 Å². The van der Waals surface area contributed by atoms with Crippen LogP contribution in [0.25, 0.3) is 0 Å². The normalized spacial score (nSPS) is 18.1. The Hall–Kier alpha value is -0.730. The maximum atomic E-state index is 5.92. The van der Waals surface area contributed by atoms with E-state index in [4.69, 9.17) is 11.6 Å². The maximum absolute atomic E-state index is 5.92. The SMILES string of the molecule is CC(C)(C)CN1CCN(c2ccc(Cl)cc2)CC1. The fraction of sp³-hybridized carbons (Fsp3) is 0.600. The van der Waals surface area contributed by atoms with Crippen LogP contribution in [0.5, 0.6) is 0 Å². The van der Waals surface area contributed by atoms with E-state index in [0.717, 1.165) is 31.2 Å². The Morgan fingerprint density at radius 1 is 1.00 bits per heavy atom. The summed E-state index contributed by atoms with van der Waals surface area (Å²) < 4.78 is 0. The summed E-state index contributed by atoms with van der Waals surface area (Å²) in [6, 6.07) is 8.17. The van der Waals surface area contributed by atoms with Gasteiger partial charge in [-0.1, -0.05) is 32.4 Å². The van der Waals surface area contributed by atoms with Crippen molar-refractivity contribution in [3.63, 3.8) is 0 Å². The Morgan fingerprint density at radius 3 is 2.06 bits per heavy atom. The molecule has 1 aliphatic rings. The predicted octanol–water partition coefficient (Wildman–Crippen LogP) is 3.51. The second-order valence-electron chi connectivity index (χ2n) is 6.30. The Balaban J connectivity index is 1.88. The van der Waals surface area contributed by atoms with Gasteiger partial charge in [0.05, 0.1) is 0 Å². The molecule has 0 aromatic heterocycles. The molecule has 18 heavy (non-hydrogen) atoms. The number of nitrogens with zero attached hydrogens (tertiary/aromatic N) is 2. The zero-order chi connectivity index (χ0) is 13.2. The Labute approximate surface area is 116 Å². The number of rotatable bonds is 2. The highest BCUT2D eigenvalue weighted by atomic mass is 35.5. The molecule has 2 rings (SSSR count). The molecule has 0 aliphatic carbocycles. The summed E-state index contributed by atoms with van der Waals surface area (Å²) in [6.07, 6.45) is 0. The van der Waals surface area contributed by atoms with E-state index in [1.165, 1.54) is 12.2 Å². The van der Waals surface area contributed by atoms with Crippen LogP contribution in [0.1, 0.15) is 20.8 Å². The molecular weight excluding hydrogens is 244 g/mol. The standard InChI is InChI=1S/C15H23ClN2/c1-15(2,3)12-17-8-10-18(11-9-17)14-6-4-13(16)5-7-14/h4-7H,8-12H2,1-3H3. The molecule has 100 valence electrons. The zero-order valence-electron chi connectivity index (χ0n) is 11.6. The highest BCUT2D eigenvalue weighted by Gasteiger charge is 2.21. The minimum atomic E-state index is 0.391. The Bertz CT molecular complexity index is 372. The summed E-state index contributed by atoms with van der Waals surface area (Å²) >= 11 is 5.92. The molecule has 0 atom stereocenters. The smallest absolute Gasteiger partial charge is 0.0407 e. The van der Waals surface area contributed by atoms with E-state index in [1.807, 2.05) is 12.1 Å². The van der Waals surface area contributed by atoms with E-state index in [9.17, 15) is 0 Å². The molecule has 1 heterocycles. The first-order chi connectivity index (χ1) is 8.44. The van der Waals surface area contributed by atoms with Gasteiger partial charge in [-0.2, -0.15) is 0 Å². The lowest BCUT2D eigenvalue weighted by Crippen LogP contribution is -2.48. The highest BCUT2D eigenvalue weighted by Crippen LogP contribution is 2.21. The quantitative estimate of drug-likeness (QED) is 0.808. The van der Waals surface area contributed by atoms with Crippen LogP contribution < -0.4 is 4.90 Å². The van der Waals surface area contributed by atoms with Crippen LogP contribution in [0.4, 0.5) is 5.69 Å². The number of halogens is 1. The van der Waals surface area contributed by atoms with Crippen LogP contribution in [0.15, 0.2) is 24.3 Å². The number of benzene rings is 1. The molecule has 0 amide bonds. The van der Waals surface area contributed by atoms with E-state index >= 15 is 0 Å². The molecule has 3 heteroatoms. The van der Waals surface area contributed by atoms with Gasteiger partial charge in [0, 0.05) is 43.4 Å². The summed E-state index contributed by atoms with van der Waals surface area (Å²) in [5.41, 5.74) is 1.68.